The van der Waals surface area contributed by atoms with Crippen molar-refractivity contribution < 1.29 is 0 Å². The van der Waals surface area contributed by atoms with Crippen LogP contribution in [0.25, 0.3) is 0 Å². The van der Waals surface area contributed by atoms with Crippen molar-refractivity contribution in [3.63, 3.8) is 0 Å². The first-order valence-corrected chi connectivity index (χ1v) is 6.31. The van der Waals surface area contributed by atoms with Crippen LogP contribution in [-0.2, 0) is 6.42 Å². The molecule has 1 aromatic carbocycles. The van der Waals surface area contributed by atoms with E-state index in [0.717, 1.165) is 19.4 Å². The van der Waals surface area contributed by atoms with Gasteiger partial charge >= 0.3 is 0 Å². The average molecular weight is 223 g/mol. The van der Waals surface area contributed by atoms with Gasteiger partial charge in [0.2, 0.25) is 0 Å². The third-order valence-corrected chi connectivity index (χ3v) is 3.14. The third-order valence-electron chi connectivity index (χ3n) is 2.02. The van der Waals surface area contributed by atoms with Crippen molar-refractivity contribution in [3.8, 4) is 0 Å². The van der Waals surface area contributed by atoms with Crippen LogP contribution in [0.15, 0.2) is 29.2 Å². The molecule has 1 rings (SSSR count). The zero-order valence-corrected chi connectivity index (χ0v) is 10.7. The molecule has 0 aliphatic heterocycles. The Kier molecular flexibility index (Phi) is 4.68. The lowest BCUT2D eigenvalue weighted by molar-refractivity contribution is 0.802. The molecule has 0 aliphatic rings. The highest BCUT2D eigenvalue weighted by Crippen LogP contribution is 2.31. The second-order valence-corrected chi connectivity index (χ2v) is 6.65. The first kappa shape index (κ1) is 12.6. The maximum Gasteiger partial charge on any atom is 0.0122 e. The Morgan fingerprint density at radius 2 is 1.73 bits per heavy atom. The molecule has 2 N–H and O–H groups in total. The molecule has 0 saturated heterocycles. The largest absolute Gasteiger partial charge is 0.330 e. The average Bonchev–Trinajstić information content (AvgIpc) is 2.14. The van der Waals surface area contributed by atoms with Crippen LogP contribution in [0, 0.1) is 0 Å². The first-order valence-electron chi connectivity index (χ1n) is 5.49. The molecule has 2 heteroatoms. The van der Waals surface area contributed by atoms with Crippen LogP contribution in [-0.4, -0.2) is 11.3 Å². The minimum absolute atomic E-state index is 0.290. The number of aryl methyl sites for hydroxylation is 1. The van der Waals surface area contributed by atoms with Gasteiger partial charge in [-0.05, 0) is 37.1 Å². The maximum absolute atomic E-state index is 5.49. The van der Waals surface area contributed by atoms with Crippen molar-refractivity contribution in [1.29, 1.82) is 0 Å². The zero-order chi connectivity index (χ0) is 11.3. The highest BCUT2D eigenvalue weighted by Gasteiger charge is 2.11. The van der Waals surface area contributed by atoms with Crippen molar-refractivity contribution >= 4 is 11.8 Å². The summed E-state index contributed by atoms with van der Waals surface area (Å²) in [6.07, 6.45) is 2.17. The van der Waals surface area contributed by atoms with Gasteiger partial charge in [0, 0.05) is 9.64 Å². The summed E-state index contributed by atoms with van der Waals surface area (Å²) in [6.45, 7) is 7.48. The summed E-state index contributed by atoms with van der Waals surface area (Å²) >= 11 is 1.91. The third kappa shape index (κ3) is 5.24. The van der Waals surface area contributed by atoms with Crippen molar-refractivity contribution in [3.05, 3.63) is 29.8 Å². The summed E-state index contributed by atoms with van der Waals surface area (Å²) in [4.78, 5) is 1.35. The molecule has 84 valence electrons. The van der Waals surface area contributed by atoms with E-state index in [2.05, 4.69) is 45.0 Å². The summed E-state index contributed by atoms with van der Waals surface area (Å²) in [5.74, 6) is 0. The van der Waals surface area contributed by atoms with E-state index in [1.54, 1.807) is 0 Å². The van der Waals surface area contributed by atoms with Gasteiger partial charge in [0.15, 0.2) is 0 Å². The minimum Gasteiger partial charge on any atom is -0.330 e. The number of hydrogen-bond acceptors (Lipinski definition) is 2. The van der Waals surface area contributed by atoms with Crippen LogP contribution in [0.5, 0.6) is 0 Å². The van der Waals surface area contributed by atoms with E-state index >= 15 is 0 Å². The summed E-state index contributed by atoms with van der Waals surface area (Å²) in [7, 11) is 0. The van der Waals surface area contributed by atoms with E-state index < -0.39 is 0 Å². The number of rotatable bonds is 4. The molecule has 0 heterocycles. The quantitative estimate of drug-likeness (QED) is 0.791. The number of nitrogens with two attached hydrogens (primary N) is 1. The standard InChI is InChI=1S/C13H21NS/c1-13(2,3)15-12-8-6-11(7-9-12)5-4-10-14/h6-9H,4-5,10,14H2,1-3H3. The van der Waals surface area contributed by atoms with E-state index in [-0.39, 0.29) is 0 Å². The molecule has 0 aliphatic carbocycles. The van der Waals surface area contributed by atoms with Crippen LogP contribution < -0.4 is 5.73 Å². The smallest absolute Gasteiger partial charge is 0.0122 e. The van der Waals surface area contributed by atoms with Crippen molar-refractivity contribution in [2.24, 2.45) is 5.73 Å². The molecule has 0 amide bonds. The van der Waals surface area contributed by atoms with Gasteiger partial charge in [-0.1, -0.05) is 32.9 Å². The fourth-order valence-electron chi connectivity index (χ4n) is 1.38. The zero-order valence-electron chi connectivity index (χ0n) is 9.92. The lowest BCUT2D eigenvalue weighted by Gasteiger charge is -2.17. The van der Waals surface area contributed by atoms with Gasteiger partial charge in [-0.3, -0.25) is 0 Å². The molecular formula is C13H21NS. The molecule has 15 heavy (non-hydrogen) atoms. The second kappa shape index (κ2) is 5.57. The molecule has 0 spiro atoms. The van der Waals surface area contributed by atoms with Crippen LogP contribution in [0.4, 0.5) is 0 Å². The van der Waals surface area contributed by atoms with Crippen molar-refractivity contribution in [1.82, 2.24) is 0 Å². The number of hydrogen-bond donors (Lipinski definition) is 1. The predicted octanol–water partition coefficient (Wildman–Crippen LogP) is 3.47. The first-order chi connectivity index (χ1) is 7.01. The molecular weight excluding hydrogens is 202 g/mol. The molecule has 0 atom stereocenters. The van der Waals surface area contributed by atoms with Crippen LogP contribution in [0.3, 0.4) is 0 Å². The Morgan fingerprint density at radius 1 is 1.13 bits per heavy atom. The lowest BCUT2D eigenvalue weighted by Crippen LogP contribution is -2.06. The van der Waals surface area contributed by atoms with Gasteiger partial charge in [-0.15, -0.1) is 11.8 Å². The Morgan fingerprint density at radius 3 is 2.20 bits per heavy atom. The molecule has 0 aromatic heterocycles. The fourth-order valence-corrected chi connectivity index (χ4v) is 2.36. The molecule has 0 radical (unpaired) electrons. The van der Waals surface area contributed by atoms with Crippen molar-refractivity contribution in [2.45, 2.75) is 43.3 Å². The second-order valence-electron chi connectivity index (χ2n) is 4.75. The molecule has 0 saturated carbocycles. The van der Waals surface area contributed by atoms with Gasteiger partial charge < -0.3 is 5.73 Å². The predicted molar refractivity (Wildman–Crippen MR) is 69.4 cm³/mol. The Hall–Kier alpha value is -0.470. The Balaban J connectivity index is 2.56. The molecule has 0 unspecified atom stereocenters. The normalized spacial score (nSPS) is 11.7. The van der Waals surface area contributed by atoms with Crippen LogP contribution in [0.2, 0.25) is 0 Å². The van der Waals surface area contributed by atoms with Gasteiger partial charge in [0.05, 0.1) is 0 Å². The van der Waals surface area contributed by atoms with E-state index in [1.165, 1.54) is 10.5 Å². The van der Waals surface area contributed by atoms with Crippen LogP contribution >= 0.6 is 11.8 Å². The van der Waals surface area contributed by atoms with Crippen LogP contribution in [0.1, 0.15) is 32.8 Å². The monoisotopic (exact) mass is 223 g/mol. The number of thioether (sulfide) groups is 1. The molecule has 0 bridgehead atoms. The van der Waals surface area contributed by atoms with Crippen molar-refractivity contribution in [2.75, 3.05) is 6.54 Å². The van der Waals surface area contributed by atoms with E-state index in [4.69, 9.17) is 5.73 Å². The highest BCUT2D eigenvalue weighted by molar-refractivity contribution is 8.00. The van der Waals surface area contributed by atoms with Gasteiger partial charge in [-0.25, -0.2) is 0 Å². The lowest BCUT2D eigenvalue weighted by atomic mass is 10.1. The summed E-state index contributed by atoms with van der Waals surface area (Å²) in [6, 6.07) is 8.84. The van der Waals surface area contributed by atoms with Gasteiger partial charge in [0.1, 0.15) is 0 Å². The van der Waals surface area contributed by atoms with E-state index in [0.29, 0.717) is 4.75 Å². The van der Waals surface area contributed by atoms with E-state index in [1.807, 2.05) is 11.8 Å². The topological polar surface area (TPSA) is 26.0 Å². The minimum atomic E-state index is 0.290. The Labute approximate surface area is 97.4 Å². The maximum atomic E-state index is 5.49. The SMILES string of the molecule is CC(C)(C)Sc1ccc(CCCN)cc1. The molecule has 1 nitrogen and oxygen atoms in total. The Bertz CT molecular complexity index is 284. The van der Waals surface area contributed by atoms with Gasteiger partial charge in [0.25, 0.3) is 0 Å². The molecule has 0 fully saturated rings. The summed E-state index contributed by atoms with van der Waals surface area (Å²) in [5.41, 5.74) is 6.87. The summed E-state index contributed by atoms with van der Waals surface area (Å²) in [5, 5.41) is 0. The van der Waals surface area contributed by atoms with E-state index in [9.17, 15) is 0 Å². The summed E-state index contributed by atoms with van der Waals surface area (Å²) < 4.78 is 0.290. The number of benzene rings is 1. The fraction of sp³-hybridized carbons (Fsp3) is 0.538. The van der Waals surface area contributed by atoms with Gasteiger partial charge in [-0.2, -0.15) is 0 Å². The highest BCUT2D eigenvalue weighted by atomic mass is 32.2. The molecule has 1 aromatic rings.